The van der Waals surface area contributed by atoms with Crippen LogP contribution in [0.25, 0.3) is 11.1 Å². The van der Waals surface area contributed by atoms with Crippen LogP contribution < -0.4 is 25.6 Å². The van der Waals surface area contributed by atoms with Crippen LogP contribution in [0, 0.1) is 0 Å². The normalized spacial score (nSPS) is 10.0. The van der Waals surface area contributed by atoms with Crippen molar-refractivity contribution in [1.82, 2.24) is 16.2 Å². The number of carbonyl (C=O) groups is 2. The topological polar surface area (TPSA) is 88.7 Å². The summed E-state index contributed by atoms with van der Waals surface area (Å²) in [5.74, 6) is 0.285. The fourth-order valence-corrected chi connectivity index (χ4v) is 3.00. The lowest BCUT2D eigenvalue weighted by Gasteiger charge is -2.13. The maximum Gasteiger partial charge on any atom is 0.276 e. The lowest BCUT2D eigenvalue weighted by Crippen LogP contribution is -2.49. The van der Waals surface area contributed by atoms with Gasteiger partial charge >= 0.3 is 0 Å². The van der Waals surface area contributed by atoms with Crippen LogP contribution in [0.4, 0.5) is 0 Å². The first-order chi connectivity index (χ1) is 15.6. The van der Waals surface area contributed by atoms with Crippen LogP contribution >= 0.6 is 12.2 Å². The zero-order chi connectivity index (χ0) is 22.8. The monoisotopic (exact) mass is 449 g/mol. The van der Waals surface area contributed by atoms with Gasteiger partial charge in [-0.15, -0.1) is 0 Å². The number of thiocarbonyl (C=S) groups is 1. The molecule has 0 spiro atoms. The van der Waals surface area contributed by atoms with E-state index in [1.54, 1.807) is 30.3 Å². The Labute approximate surface area is 191 Å². The quantitative estimate of drug-likeness (QED) is 0.378. The summed E-state index contributed by atoms with van der Waals surface area (Å²) in [4.78, 5) is 24.5. The van der Waals surface area contributed by atoms with Gasteiger partial charge < -0.3 is 9.47 Å². The number of hydrogen-bond acceptors (Lipinski definition) is 5. The predicted molar refractivity (Wildman–Crippen MR) is 126 cm³/mol. The zero-order valence-electron chi connectivity index (χ0n) is 17.5. The van der Waals surface area contributed by atoms with Crippen molar-refractivity contribution < 1.29 is 19.1 Å². The third-order valence-corrected chi connectivity index (χ3v) is 4.48. The van der Waals surface area contributed by atoms with E-state index in [9.17, 15) is 9.59 Å². The van der Waals surface area contributed by atoms with E-state index in [1.165, 1.54) is 0 Å². The highest BCUT2D eigenvalue weighted by atomic mass is 32.1. The minimum Gasteiger partial charge on any atom is -0.494 e. The molecule has 7 nitrogen and oxygen atoms in total. The summed E-state index contributed by atoms with van der Waals surface area (Å²) in [6, 6.07) is 23.9. The van der Waals surface area contributed by atoms with E-state index in [0.29, 0.717) is 23.7 Å². The first kappa shape index (κ1) is 22.8. The van der Waals surface area contributed by atoms with Gasteiger partial charge in [0.25, 0.3) is 11.8 Å². The lowest BCUT2D eigenvalue weighted by atomic mass is 10.1. The van der Waals surface area contributed by atoms with Crippen LogP contribution in [-0.4, -0.2) is 30.1 Å². The molecule has 3 N–H and O–H groups in total. The van der Waals surface area contributed by atoms with E-state index < -0.39 is 11.8 Å². The molecule has 0 heterocycles. The van der Waals surface area contributed by atoms with E-state index in [4.69, 9.17) is 21.7 Å². The smallest absolute Gasteiger partial charge is 0.276 e. The van der Waals surface area contributed by atoms with E-state index in [-0.39, 0.29) is 11.7 Å². The van der Waals surface area contributed by atoms with Gasteiger partial charge in [0.05, 0.1) is 6.61 Å². The van der Waals surface area contributed by atoms with Crippen molar-refractivity contribution in [3.05, 3.63) is 84.4 Å². The Morgan fingerprint density at radius 3 is 2.41 bits per heavy atom. The SMILES string of the molecule is CCOc1cccc(C(=O)NC(=S)NNC(=O)COc2ccccc2-c2ccccc2)c1. The van der Waals surface area contributed by atoms with Gasteiger partial charge in [0.15, 0.2) is 11.7 Å². The van der Waals surface area contributed by atoms with Crippen molar-refractivity contribution in [2.45, 2.75) is 6.92 Å². The molecule has 0 atom stereocenters. The van der Waals surface area contributed by atoms with Crippen molar-refractivity contribution in [3.8, 4) is 22.6 Å². The second-order valence-electron chi connectivity index (χ2n) is 6.57. The van der Waals surface area contributed by atoms with Crippen LogP contribution in [0.2, 0.25) is 0 Å². The second-order valence-corrected chi connectivity index (χ2v) is 6.98. The molecule has 8 heteroatoms. The number of nitrogens with one attached hydrogen (secondary N) is 3. The van der Waals surface area contributed by atoms with Gasteiger partial charge in [-0.05, 0) is 49.0 Å². The molecular formula is C24H23N3O4S. The van der Waals surface area contributed by atoms with Crippen molar-refractivity contribution >= 4 is 29.1 Å². The average molecular weight is 450 g/mol. The average Bonchev–Trinajstić information content (AvgIpc) is 2.82. The highest BCUT2D eigenvalue weighted by molar-refractivity contribution is 7.80. The summed E-state index contributed by atoms with van der Waals surface area (Å²) in [6.45, 7) is 2.12. The van der Waals surface area contributed by atoms with Crippen LogP contribution in [0.5, 0.6) is 11.5 Å². The summed E-state index contributed by atoms with van der Waals surface area (Å²) in [7, 11) is 0. The van der Waals surface area contributed by atoms with Gasteiger partial charge in [0, 0.05) is 11.1 Å². The third-order valence-electron chi connectivity index (χ3n) is 4.28. The molecule has 2 amide bonds. The van der Waals surface area contributed by atoms with Crippen molar-refractivity contribution in [1.29, 1.82) is 0 Å². The second kappa shape index (κ2) is 11.5. The van der Waals surface area contributed by atoms with Gasteiger partial charge in [-0.25, -0.2) is 0 Å². The molecule has 0 aliphatic heterocycles. The Morgan fingerprint density at radius 2 is 1.62 bits per heavy atom. The Hall–Kier alpha value is -3.91. The number of amides is 2. The fraction of sp³-hybridized carbons (Fsp3) is 0.125. The van der Waals surface area contributed by atoms with Gasteiger partial charge in [0.2, 0.25) is 0 Å². The molecule has 0 fully saturated rings. The van der Waals surface area contributed by atoms with Gasteiger partial charge in [-0.1, -0.05) is 54.6 Å². The van der Waals surface area contributed by atoms with Gasteiger partial charge in [0.1, 0.15) is 11.5 Å². The Kier molecular flexibility index (Phi) is 8.16. The van der Waals surface area contributed by atoms with Crippen LogP contribution in [0.3, 0.4) is 0 Å². The van der Waals surface area contributed by atoms with Crippen LogP contribution in [0.1, 0.15) is 17.3 Å². The number of rotatable bonds is 7. The summed E-state index contributed by atoms with van der Waals surface area (Å²) in [6.07, 6.45) is 0. The van der Waals surface area contributed by atoms with Crippen molar-refractivity contribution in [3.63, 3.8) is 0 Å². The molecule has 3 aromatic carbocycles. The number of hydrogen-bond donors (Lipinski definition) is 3. The minimum atomic E-state index is -0.456. The molecule has 0 saturated carbocycles. The molecule has 3 aromatic rings. The molecule has 0 aliphatic rings. The maximum atomic E-state index is 12.3. The predicted octanol–water partition coefficient (Wildman–Crippen LogP) is 3.47. The molecule has 0 bridgehead atoms. The summed E-state index contributed by atoms with van der Waals surface area (Å²) < 4.78 is 11.1. The molecule has 0 unspecified atom stereocenters. The minimum absolute atomic E-state index is 0.0464. The molecule has 0 aliphatic carbocycles. The number of ether oxygens (including phenoxy) is 2. The van der Waals surface area contributed by atoms with E-state index >= 15 is 0 Å². The molecule has 32 heavy (non-hydrogen) atoms. The summed E-state index contributed by atoms with van der Waals surface area (Å²) in [5, 5.41) is 2.45. The first-order valence-corrected chi connectivity index (χ1v) is 10.4. The Bertz CT molecular complexity index is 1090. The highest BCUT2D eigenvalue weighted by Crippen LogP contribution is 2.29. The zero-order valence-corrected chi connectivity index (χ0v) is 18.3. The van der Waals surface area contributed by atoms with E-state index in [0.717, 1.165) is 11.1 Å². The van der Waals surface area contributed by atoms with Gasteiger partial charge in [-0.3, -0.25) is 25.8 Å². The third kappa shape index (κ3) is 6.55. The fourth-order valence-electron chi connectivity index (χ4n) is 2.85. The Morgan fingerprint density at radius 1 is 0.875 bits per heavy atom. The molecule has 0 radical (unpaired) electrons. The molecule has 0 saturated heterocycles. The number of benzene rings is 3. The lowest BCUT2D eigenvalue weighted by molar-refractivity contribution is -0.123. The number of para-hydroxylation sites is 1. The molecule has 3 rings (SSSR count). The van der Waals surface area contributed by atoms with E-state index in [1.807, 2.05) is 55.5 Å². The van der Waals surface area contributed by atoms with Crippen LogP contribution in [0.15, 0.2) is 78.9 Å². The first-order valence-electron chi connectivity index (χ1n) is 9.97. The van der Waals surface area contributed by atoms with Crippen molar-refractivity contribution in [2.75, 3.05) is 13.2 Å². The number of hydrazine groups is 1. The van der Waals surface area contributed by atoms with Crippen LogP contribution in [-0.2, 0) is 4.79 Å². The highest BCUT2D eigenvalue weighted by Gasteiger charge is 2.11. The van der Waals surface area contributed by atoms with E-state index in [2.05, 4.69) is 16.2 Å². The number of carbonyl (C=O) groups excluding carboxylic acids is 2. The van der Waals surface area contributed by atoms with Gasteiger partial charge in [-0.2, -0.15) is 0 Å². The molecular weight excluding hydrogens is 426 g/mol. The Balaban J connectivity index is 1.48. The maximum absolute atomic E-state index is 12.3. The summed E-state index contributed by atoms with van der Waals surface area (Å²) >= 11 is 5.07. The molecule has 0 aromatic heterocycles. The molecule has 164 valence electrons. The van der Waals surface area contributed by atoms with Crippen molar-refractivity contribution in [2.24, 2.45) is 0 Å². The largest absolute Gasteiger partial charge is 0.494 e. The standard InChI is InChI=1S/C24H23N3O4S/c1-2-30-19-12-8-11-18(15-19)23(29)25-24(32)27-26-22(28)16-31-21-14-7-6-13-20(21)17-9-4-3-5-10-17/h3-15H,2,16H2,1H3,(H,26,28)(H2,25,27,29,32). The summed E-state index contributed by atoms with van der Waals surface area (Å²) in [5.41, 5.74) is 7.15.